The van der Waals surface area contributed by atoms with E-state index in [2.05, 4.69) is 19.9 Å². The van der Waals surface area contributed by atoms with E-state index < -0.39 is 0 Å². The van der Waals surface area contributed by atoms with E-state index >= 15 is 0 Å². The van der Waals surface area contributed by atoms with Crippen LogP contribution in [0.4, 0.5) is 10.3 Å². The van der Waals surface area contributed by atoms with Crippen molar-refractivity contribution in [3.63, 3.8) is 0 Å². The molecule has 4 heterocycles. The van der Waals surface area contributed by atoms with Crippen molar-refractivity contribution in [2.24, 2.45) is 0 Å². The van der Waals surface area contributed by atoms with E-state index in [9.17, 15) is 0 Å². The summed E-state index contributed by atoms with van der Waals surface area (Å²) in [5, 5.41) is 1.10. The maximum atomic E-state index is 5.87. The topological polar surface area (TPSA) is 122 Å². The van der Waals surface area contributed by atoms with E-state index in [0.29, 0.717) is 10.3 Å². The van der Waals surface area contributed by atoms with Gasteiger partial charge in [-0.3, -0.25) is 9.97 Å². The van der Waals surface area contributed by atoms with Crippen molar-refractivity contribution in [3.05, 3.63) is 97.6 Å². The lowest BCUT2D eigenvalue weighted by molar-refractivity contribution is 0.415. The molecule has 0 saturated heterocycles. The number of anilines is 2. The summed E-state index contributed by atoms with van der Waals surface area (Å²) in [7, 11) is 3.30. The zero-order chi connectivity index (χ0) is 27.9. The van der Waals surface area contributed by atoms with Gasteiger partial charge in [0, 0.05) is 47.0 Å². The number of hydrogen-bond donors (Lipinski definition) is 2. The molecule has 0 amide bonds. The molecule has 0 radical (unpaired) electrons. The van der Waals surface area contributed by atoms with Crippen LogP contribution in [0.25, 0.3) is 43.4 Å². The van der Waals surface area contributed by atoms with Gasteiger partial charge in [0.25, 0.3) is 0 Å². The average molecular weight is 603 g/mol. The molecular weight excluding hydrogens is 576 g/mol. The highest BCUT2D eigenvalue weighted by atomic mass is 35.5. The SMILES string of the molecule is COc1ccc(-c2nc(N)sc2-c2cccnc2)cc1.COc1ccc(-c2nc(N)sc2-c2cccnc2)cc1.Cl. The Balaban J connectivity index is 0.000000184. The Morgan fingerprint density at radius 2 is 0.951 bits per heavy atom. The molecule has 4 N–H and O–H groups in total. The van der Waals surface area contributed by atoms with Crippen LogP contribution in [-0.4, -0.2) is 34.2 Å². The molecule has 0 aliphatic heterocycles. The normalized spacial score (nSPS) is 10.2. The Bertz CT molecular complexity index is 1550. The van der Waals surface area contributed by atoms with Gasteiger partial charge in [0.05, 0.1) is 35.4 Å². The highest BCUT2D eigenvalue weighted by Crippen LogP contribution is 2.39. The van der Waals surface area contributed by atoms with Crippen molar-refractivity contribution >= 4 is 45.3 Å². The van der Waals surface area contributed by atoms with Crippen molar-refractivity contribution in [3.8, 4) is 54.9 Å². The van der Waals surface area contributed by atoms with E-state index in [1.165, 1.54) is 22.7 Å². The van der Waals surface area contributed by atoms with E-state index in [-0.39, 0.29) is 12.4 Å². The quantitative estimate of drug-likeness (QED) is 0.203. The molecule has 208 valence electrons. The molecule has 41 heavy (non-hydrogen) atoms. The van der Waals surface area contributed by atoms with Crippen molar-refractivity contribution in [1.82, 2.24) is 19.9 Å². The number of nitrogens with two attached hydrogens (primary N) is 2. The zero-order valence-corrected chi connectivity index (χ0v) is 24.7. The van der Waals surface area contributed by atoms with Crippen LogP contribution in [0, 0.1) is 0 Å². The second-order valence-electron chi connectivity index (χ2n) is 8.40. The van der Waals surface area contributed by atoms with Gasteiger partial charge < -0.3 is 20.9 Å². The number of halogens is 1. The molecule has 0 fully saturated rings. The molecule has 0 aliphatic carbocycles. The zero-order valence-electron chi connectivity index (χ0n) is 22.2. The molecule has 11 heteroatoms. The van der Waals surface area contributed by atoms with E-state index in [1.807, 2.05) is 85.2 Å². The summed E-state index contributed by atoms with van der Waals surface area (Å²) in [6.07, 6.45) is 7.14. The predicted molar refractivity (Wildman–Crippen MR) is 171 cm³/mol. The van der Waals surface area contributed by atoms with Gasteiger partial charge in [-0.1, -0.05) is 34.8 Å². The first-order valence-corrected chi connectivity index (χ1v) is 13.8. The van der Waals surface area contributed by atoms with Gasteiger partial charge in [-0.25, -0.2) is 9.97 Å². The van der Waals surface area contributed by atoms with Crippen LogP contribution in [-0.2, 0) is 0 Å². The number of thiazole rings is 2. The Kier molecular flexibility index (Phi) is 9.86. The predicted octanol–water partition coefficient (Wildman–Crippen LogP) is 7.35. The number of methoxy groups -OCH3 is 2. The highest BCUT2D eigenvalue weighted by Gasteiger charge is 2.15. The fraction of sp³-hybridized carbons (Fsp3) is 0.0667. The second-order valence-corrected chi connectivity index (χ2v) is 10.5. The molecule has 6 rings (SSSR count). The Hall–Kier alpha value is -4.51. The Labute approximate surface area is 252 Å². The van der Waals surface area contributed by atoms with Crippen LogP contribution in [0.2, 0.25) is 0 Å². The summed E-state index contributed by atoms with van der Waals surface area (Å²) in [4.78, 5) is 19.2. The summed E-state index contributed by atoms with van der Waals surface area (Å²) in [6.45, 7) is 0. The van der Waals surface area contributed by atoms with Crippen molar-refractivity contribution < 1.29 is 9.47 Å². The fourth-order valence-electron chi connectivity index (χ4n) is 3.95. The first-order valence-electron chi connectivity index (χ1n) is 12.2. The standard InChI is InChI=1S/2C15H13N3OS.ClH/c2*1-19-12-6-4-10(5-7-12)13-14(20-15(16)18-13)11-3-2-8-17-9-11;/h2*2-9H,1H3,(H2,16,18);1H. The van der Waals surface area contributed by atoms with Gasteiger partial charge in [0.15, 0.2) is 10.3 Å². The van der Waals surface area contributed by atoms with Gasteiger partial charge in [-0.15, -0.1) is 12.4 Å². The monoisotopic (exact) mass is 602 g/mol. The van der Waals surface area contributed by atoms with E-state index in [1.54, 1.807) is 26.6 Å². The maximum absolute atomic E-state index is 5.87. The van der Waals surface area contributed by atoms with Crippen molar-refractivity contribution in [1.29, 1.82) is 0 Å². The maximum Gasteiger partial charge on any atom is 0.181 e. The van der Waals surface area contributed by atoms with Crippen LogP contribution in [0.5, 0.6) is 11.5 Å². The first-order chi connectivity index (χ1) is 19.6. The van der Waals surface area contributed by atoms with E-state index in [0.717, 1.165) is 54.9 Å². The highest BCUT2D eigenvalue weighted by molar-refractivity contribution is 7.19. The van der Waals surface area contributed by atoms with Gasteiger partial charge in [-0.2, -0.15) is 0 Å². The lowest BCUT2D eigenvalue weighted by Gasteiger charge is -2.04. The third-order valence-corrected chi connectivity index (χ3v) is 7.73. The molecule has 0 saturated carbocycles. The van der Waals surface area contributed by atoms with Crippen molar-refractivity contribution in [2.75, 3.05) is 25.7 Å². The average Bonchev–Trinajstić information content (AvgIpc) is 3.61. The summed E-state index contributed by atoms with van der Waals surface area (Å²) in [5.41, 5.74) is 17.6. The summed E-state index contributed by atoms with van der Waals surface area (Å²) in [5.74, 6) is 1.64. The summed E-state index contributed by atoms with van der Waals surface area (Å²) in [6, 6.07) is 23.4. The van der Waals surface area contributed by atoms with Crippen LogP contribution < -0.4 is 20.9 Å². The minimum atomic E-state index is 0. The van der Waals surface area contributed by atoms with Crippen molar-refractivity contribution in [2.45, 2.75) is 0 Å². The molecule has 8 nitrogen and oxygen atoms in total. The number of rotatable bonds is 6. The smallest absolute Gasteiger partial charge is 0.181 e. The lowest BCUT2D eigenvalue weighted by Crippen LogP contribution is -1.86. The van der Waals surface area contributed by atoms with Gasteiger partial charge >= 0.3 is 0 Å². The molecule has 4 aromatic heterocycles. The van der Waals surface area contributed by atoms with Crippen LogP contribution in [0.3, 0.4) is 0 Å². The molecule has 0 unspecified atom stereocenters. The molecule has 0 spiro atoms. The van der Waals surface area contributed by atoms with Gasteiger partial charge in [0.1, 0.15) is 11.5 Å². The molecular formula is C30H27ClN6O2S2. The Morgan fingerprint density at radius 1 is 0.561 bits per heavy atom. The number of nitrogen functional groups attached to an aromatic ring is 2. The molecule has 0 bridgehead atoms. The largest absolute Gasteiger partial charge is 0.497 e. The fourth-order valence-corrected chi connectivity index (χ4v) is 5.64. The number of aromatic nitrogens is 4. The van der Waals surface area contributed by atoms with Gasteiger partial charge in [0.2, 0.25) is 0 Å². The number of benzene rings is 2. The Morgan fingerprint density at radius 3 is 1.27 bits per heavy atom. The summed E-state index contributed by atoms with van der Waals surface area (Å²) >= 11 is 2.94. The molecule has 6 aromatic rings. The number of pyridine rings is 2. The molecule has 0 atom stereocenters. The number of ether oxygens (including phenoxy) is 2. The molecule has 2 aromatic carbocycles. The number of nitrogens with zero attached hydrogens (tertiary/aromatic N) is 4. The molecule has 0 aliphatic rings. The minimum absolute atomic E-state index is 0. The summed E-state index contributed by atoms with van der Waals surface area (Å²) < 4.78 is 10.3. The third-order valence-electron chi connectivity index (χ3n) is 5.86. The van der Waals surface area contributed by atoms with Crippen LogP contribution in [0.1, 0.15) is 0 Å². The number of hydrogen-bond acceptors (Lipinski definition) is 10. The van der Waals surface area contributed by atoms with Gasteiger partial charge in [-0.05, 0) is 60.7 Å². The first kappa shape index (κ1) is 29.5. The third kappa shape index (κ3) is 6.98. The minimum Gasteiger partial charge on any atom is -0.497 e. The lowest BCUT2D eigenvalue weighted by atomic mass is 10.1. The van der Waals surface area contributed by atoms with E-state index in [4.69, 9.17) is 20.9 Å². The second kappa shape index (κ2) is 13.7. The van der Waals surface area contributed by atoms with Crippen LogP contribution in [0.15, 0.2) is 97.6 Å². The van der Waals surface area contributed by atoms with Crippen LogP contribution >= 0.6 is 35.1 Å².